The number of para-hydroxylation sites is 2. The second kappa shape index (κ2) is 17.4. The van der Waals surface area contributed by atoms with Crippen molar-refractivity contribution in [2.24, 2.45) is 0 Å². The number of nitrogens with zero attached hydrogens (tertiary/aromatic N) is 8. The van der Waals surface area contributed by atoms with Crippen LogP contribution >= 0.6 is 0 Å². The van der Waals surface area contributed by atoms with Crippen LogP contribution in [0.5, 0.6) is 23.4 Å². The highest BCUT2D eigenvalue weighted by Gasteiger charge is 2.33. The van der Waals surface area contributed by atoms with Gasteiger partial charge in [-0.25, -0.2) is 33.7 Å². The van der Waals surface area contributed by atoms with Crippen LogP contribution in [0.15, 0.2) is 140 Å². The summed E-state index contributed by atoms with van der Waals surface area (Å²) in [6.45, 7) is 0. The van der Waals surface area contributed by atoms with Gasteiger partial charge in [0.2, 0.25) is 11.8 Å². The van der Waals surface area contributed by atoms with E-state index in [1.54, 1.807) is 60.7 Å². The fourth-order valence-electron chi connectivity index (χ4n) is 5.64. The van der Waals surface area contributed by atoms with Crippen LogP contribution in [0.4, 0.5) is 33.7 Å². The number of halogens is 5. The molecule has 4 aromatic carbocycles. The van der Waals surface area contributed by atoms with Crippen molar-refractivity contribution in [3.05, 3.63) is 163 Å². The molecule has 0 atom stereocenters. The van der Waals surface area contributed by atoms with Gasteiger partial charge >= 0.3 is 12.2 Å². The number of nitriles is 1. The second-order valence-electron chi connectivity index (χ2n) is 12.4. The molecule has 12 nitrogen and oxygen atoms in total. The molecule has 0 aliphatic carbocycles. The van der Waals surface area contributed by atoms with Gasteiger partial charge in [0, 0.05) is 52.5 Å². The highest BCUT2D eigenvalue weighted by molar-refractivity contribution is 5.75. The highest BCUT2D eigenvalue weighted by atomic mass is 19.4. The van der Waals surface area contributed by atoms with Gasteiger partial charge in [-0.05, 0) is 53.6 Å². The standard InChI is InChI=1S/C22H14FN5O.C21H13F4N5O/c23-19-10-14(8-9-17(19)15-12-26-22(25)27-13-15)18-5-1-2-6-20(18)29-21-7-3-4-16(11-24)28-21;22-15-9-12(5-6-14(15)16-10-29-19(26)11-28-16)13-3-1-2-4-17(13)31-20-27-8-7-18(30-20)21(23,24)25/h1-10,12-13H,(H2,25,26,27);1-11H,(H2,26,29). The molecule has 0 aliphatic rings. The summed E-state index contributed by atoms with van der Waals surface area (Å²) in [6.07, 6.45) is 1.95. The van der Waals surface area contributed by atoms with E-state index in [-0.39, 0.29) is 34.7 Å². The molecule has 0 bridgehead atoms. The lowest BCUT2D eigenvalue weighted by Crippen LogP contribution is -2.09. The average molecular weight is 811 g/mol. The van der Waals surface area contributed by atoms with Crippen LogP contribution in [-0.2, 0) is 6.18 Å². The molecule has 0 spiro atoms. The monoisotopic (exact) mass is 810 g/mol. The first-order chi connectivity index (χ1) is 28.9. The highest BCUT2D eigenvalue weighted by Crippen LogP contribution is 2.37. The Morgan fingerprint density at radius 2 is 1.20 bits per heavy atom. The zero-order valence-corrected chi connectivity index (χ0v) is 30.7. The van der Waals surface area contributed by atoms with Crippen LogP contribution < -0.4 is 20.9 Å². The molecule has 8 aromatic rings. The third-order valence-corrected chi connectivity index (χ3v) is 8.44. The molecule has 0 unspecified atom stereocenters. The van der Waals surface area contributed by atoms with Gasteiger partial charge in [0.1, 0.15) is 40.7 Å². The maximum absolute atomic E-state index is 14.8. The molecular weight excluding hydrogens is 784 g/mol. The Bertz CT molecular complexity index is 2840. The molecule has 0 amide bonds. The minimum absolute atomic E-state index is 0.130. The number of alkyl halides is 3. The normalized spacial score (nSPS) is 10.9. The Balaban J connectivity index is 0.000000182. The maximum atomic E-state index is 14.8. The van der Waals surface area contributed by atoms with E-state index in [1.807, 2.05) is 24.3 Å². The molecule has 0 radical (unpaired) electrons. The Morgan fingerprint density at radius 3 is 1.80 bits per heavy atom. The van der Waals surface area contributed by atoms with Crippen LogP contribution in [0, 0.1) is 23.0 Å². The van der Waals surface area contributed by atoms with Crippen molar-refractivity contribution in [1.82, 2.24) is 34.9 Å². The van der Waals surface area contributed by atoms with Crippen molar-refractivity contribution in [2.75, 3.05) is 11.5 Å². The van der Waals surface area contributed by atoms with Crippen LogP contribution in [0.2, 0.25) is 0 Å². The molecule has 8 rings (SSSR count). The predicted octanol–water partition coefficient (Wildman–Crippen LogP) is 9.72. The second-order valence-corrected chi connectivity index (χ2v) is 12.4. The summed E-state index contributed by atoms with van der Waals surface area (Å²) >= 11 is 0. The zero-order chi connectivity index (χ0) is 42.2. The molecule has 17 heteroatoms. The molecule has 60 heavy (non-hydrogen) atoms. The van der Waals surface area contributed by atoms with Crippen molar-refractivity contribution < 1.29 is 31.4 Å². The Labute approximate surface area is 337 Å². The molecule has 0 saturated heterocycles. The van der Waals surface area contributed by atoms with Gasteiger partial charge in [0.25, 0.3) is 0 Å². The Hall–Kier alpha value is -8.39. The minimum Gasteiger partial charge on any atom is -0.438 e. The van der Waals surface area contributed by atoms with Gasteiger partial charge < -0.3 is 20.9 Å². The third kappa shape index (κ3) is 9.41. The van der Waals surface area contributed by atoms with Crippen molar-refractivity contribution in [3.8, 4) is 74.1 Å². The summed E-state index contributed by atoms with van der Waals surface area (Å²) < 4.78 is 79.6. The number of nitrogen functional groups attached to an aromatic ring is 2. The molecule has 296 valence electrons. The minimum atomic E-state index is -4.63. The van der Waals surface area contributed by atoms with Crippen LogP contribution in [0.1, 0.15) is 11.4 Å². The maximum Gasteiger partial charge on any atom is 0.433 e. The summed E-state index contributed by atoms with van der Waals surface area (Å²) in [6, 6.07) is 30.2. The quantitative estimate of drug-likeness (QED) is 0.139. The number of hydrogen-bond donors (Lipinski definition) is 2. The summed E-state index contributed by atoms with van der Waals surface area (Å²) in [5.41, 5.74) is 13.7. The first-order valence-corrected chi connectivity index (χ1v) is 17.5. The summed E-state index contributed by atoms with van der Waals surface area (Å²) in [5, 5.41) is 9.00. The largest absolute Gasteiger partial charge is 0.438 e. The number of benzene rings is 4. The lowest BCUT2D eigenvalue weighted by molar-refractivity contribution is -0.141. The number of pyridine rings is 1. The van der Waals surface area contributed by atoms with Gasteiger partial charge in [-0.2, -0.15) is 23.4 Å². The number of nitrogens with two attached hydrogens (primary N) is 2. The summed E-state index contributed by atoms with van der Waals surface area (Å²) in [4.78, 5) is 27.0. The Kier molecular flexibility index (Phi) is 11.6. The van der Waals surface area contributed by atoms with Crippen LogP contribution in [0.3, 0.4) is 0 Å². The fraction of sp³-hybridized carbons (Fsp3) is 0.0233. The van der Waals surface area contributed by atoms with E-state index in [4.69, 9.17) is 26.2 Å². The first-order valence-electron chi connectivity index (χ1n) is 17.5. The van der Waals surface area contributed by atoms with E-state index in [2.05, 4.69) is 34.9 Å². The molecule has 4 N–H and O–H groups in total. The van der Waals surface area contributed by atoms with Crippen LogP contribution in [0.25, 0.3) is 44.6 Å². The lowest BCUT2D eigenvalue weighted by Gasteiger charge is -2.12. The van der Waals surface area contributed by atoms with E-state index in [9.17, 15) is 22.0 Å². The van der Waals surface area contributed by atoms with Gasteiger partial charge in [0.15, 0.2) is 5.69 Å². The number of anilines is 2. The van der Waals surface area contributed by atoms with E-state index in [1.165, 1.54) is 49.1 Å². The van der Waals surface area contributed by atoms with Gasteiger partial charge in [-0.15, -0.1) is 0 Å². The molecule has 0 aliphatic heterocycles. The molecule has 0 saturated carbocycles. The van der Waals surface area contributed by atoms with Gasteiger partial charge in [-0.3, -0.25) is 4.98 Å². The van der Waals surface area contributed by atoms with E-state index >= 15 is 0 Å². The fourth-order valence-corrected chi connectivity index (χ4v) is 5.64. The number of hydrogen-bond acceptors (Lipinski definition) is 12. The van der Waals surface area contributed by atoms with E-state index in [0.717, 1.165) is 12.3 Å². The number of ether oxygens (including phenoxy) is 2. The number of rotatable bonds is 8. The molecular formula is C43H27F5N10O2. The van der Waals surface area contributed by atoms with Crippen molar-refractivity contribution in [3.63, 3.8) is 0 Å². The average Bonchev–Trinajstić information content (AvgIpc) is 3.25. The van der Waals surface area contributed by atoms with Crippen LogP contribution in [-0.4, -0.2) is 34.9 Å². The Morgan fingerprint density at radius 1 is 0.567 bits per heavy atom. The topological polar surface area (TPSA) is 185 Å². The molecule has 0 fully saturated rings. The SMILES string of the molecule is N#Cc1cccc(Oc2ccccc2-c2ccc(-c3cnc(N)nc3)c(F)c2)n1.Nc1cnc(-c2ccc(-c3ccccc3Oc3nccc(C(F)(F)F)n3)cc2F)cn1. The van der Waals surface area contributed by atoms with Gasteiger partial charge in [0.05, 0.1) is 18.1 Å². The third-order valence-electron chi connectivity index (χ3n) is 8.44. The first kappa shape index (κ1) is 39.8. The van der Waals surface area contributed by atoms with Gasteiger partial charge in [-0.1, -0.05) is 60.7 Å². The smallest absolute Gasteiger partial charge is 0.433 e. The summed E-state index contributed by atoms with van der Waals surface area (Å²) in [7, 11) is 0. The van der Waals surface area contributed by atoms with Crippen molar-refractivity contribution in [1.29, 1.82) is 5.26 Å². The van der Waals surface area contributed by atoms with E-state index in [0.29, 0.717) is 44.8 Å². The zero-order valence-electron chi connectivity index (χ0n) is 30.7. The molecule has 4 aromatic heterocycles. The summed E-state index contributed by atoms with van der Waals surface area (Å²) in [5.74, 6) is 0.304. The van der Waals surface area contributed by atoms with Crippen molar-refractivity contribution >= 4 is 11.8 Å². The molecule has 4 heterocycles. The van der Waals surface area contributed by atoms with Crippen molar-refractivity contribution in [2.45, 2.75) is 6.18 Å². The lowest BCUT2D eigenvalue weighted by atomic mass is 10.0. The van der Waals surface area contributed by atoms with E-state index < -0.39 is 29.5 Å². The predicted molar refractivity (Wildman–Crippen MR) is 211 cm³/mol. The number of aromatic nitrogens is 7.